The van der Waals surface area contributed by atoms with Crippen LogP contribution in [0.25, 0.3) is 5.52 Å². The molecule has 2 heterocycles. The van der Waals surface area contributed by atoms with Crippen molar-refractivity contribution in [2.45, 2.75) is 38.5 Å². The van der Waals surface area contributed by atoms with Crippen LogP contribution < -0.4 is 10.6 Å². The first-order valence-electron chi connectivity index (χ1n) is 9.27. The van der Waals surface area contributed by atoms with Gasteiger partial charge in [0.2, 0.25) is 5.95 Å². The number of nitrogens with one attached hydrogen (secondary N) is 2. The van der Waals surface area contributed by atoms with Crippen molar-refractivity contribution in [2.24, 2.45) is 0 Å². The second kappa shape index (κ2) is 9.50. The van der Waals surface area contributed by atoms with Gasteiger partial charge in [-0.3, -0.25) is 4.79 Å². The first-order chi connectivity index (χ1) is 13.2. The number of nitrogens with zero attached hydrogens (tertiary/aromatic N) is 3. The predicted octanol–water partition coefficient (Wildman–Crippen LogP) is 5.13. The quantitative estimate of drug-likeness (QED) is 0.605. The second-order valence-corrected chi connectivity index (χ2v) is 7.30. The van der Waals surface area contributed by atoms with Gasteiger partial charge in [0.15, 0.2) is 0 Å². The van der Waals surface area contributed by atoms with Gasteiger partial charge >= 0.3 is 0 Å². The zero-order valence-corrected chi connectivity index (χ0v) is 17.0. The molecule has 27 heavy (non-hydrogen) atoms. The Balaban J connectivity index is 0.000000299. The SMILES string of the molecule is C1CCCCC1.CNc1ncc2ccc(C(=O)Nc3ccccc3Br)n2n1. The number of para-hydroxylation sites is 1. The summed E-state index contributed by atoms with van der Waals surface area (Å²) in [5.74, 6) is 0.219. The van der Waals surface area contributed by atoms with Crippen LogP contribution in [0.2, 0.25) is 0 Å². The fourth-order valence-corrected chi connectivity index (χ4v) is 3.38. The van der Waals surface area contributed by atoms with Gasteiger partial charge in [0.25, 0.3) is 5.91 Å². The summed E-state index contributed by atoms with van der Waals surface area (Å²) in [6.07, 6.45) is 10.7. The van der Waals surface area contributed by atoms with Crippen molar-refractivity contribution < 1.29 is 4.79 Å². The van der Waals surface area contributed by atoms with Gasteiger partial charge in [0, 0.05) is 11.5 Å². The van der Waals surface area contributed by atoms with E-state index < -0.39 is 0 Å². The topological polar surface area (TPSA) is 71.3 Å². The van der Waals surface area contributed by atoms with Crippen LogP contribution in [0, 0.1) is 0 Å². The molecule has 1 aliphatic carbocycles. The average molecular weight is 430 g/mol. The molecule has 4 rings (SSSR count). The largest absolute Gasteiger partial charge is 0.356 e. The van der Waals surface area contributed by atoms with Crippen LogP contribution >= 0.6 is 15.9 Å². The van der Waals surface area contributed by atoms with Crippen molar-refractivity contribution in [2.75, 3.05) is 17.7 Å². The molecule has 1 fully saturated rings. The lowest BCUT2D eigenvalue weighted by atomic mass is 10.0. The molecule has 1 amide bonds. The maximum Gasteiger partial charge on any atom is 0.274 e. The number of hydrogen-bond donors (Lipinski definition) is 2. The van der Waals surface area contributed by atoms with Crippen LogP contribution in [-0.2, 0) is 0 Å². The van der Waals surface area contributed by atoms with Gasteiger partial charge in [-0.05, 0) is 40.2 Å². The minimum absolute atomic E-state index is 0.234. The zero-order chi connectivity index (χ0) is 19.1. The van der Waals surface area contributed by atoms with Gasteiger partial charge < -0.3 is 10.6 Å². The summed E-state index contributed by atoms with van der Waals surface area (Å²) in [7, 11) is 1.73. The Morgan fingerprint density at radius 2 is 1.70 bits per heavy atom. The van der Waals surface area contributed by atoms with E-state index in [0.29, 0.717) is 17.3 Å². The molecule has 0 radical (unpaired) electrons. The molecule has 1 saturated carbocycles. The molecule has 2 aromatic heterocycles. The average Bonchev–Trinajstić information content (AvgIpc) is 3.14. The van der Waals surface area contributed by atoms with Crippen molar-refractivity contribution >= 4 is 39.0 Å². The molecule has 0 atom stereocenters. The molecular formula is C20H24BrN5O. The van der Waals surface area contributed by atoms with Crippen molar-refractivity contribution in [3.05, 3.63) is 52.8 Å². The monoisotopic (exact) mass is 429 g/mol. The van der Waals surface area contributed by atoms with E-state index in [4.69, 9.17) is 0 Å². The molecule has 0 spiro atoms. The molecule has 0 saturated heterocycles. The van der Waals surface area contributed by atoms with Crippen molar-refractivity contribution in [1.29, 1.82) is 0 Å². The standard InChI is InChI=1S/C14H12BrN5O.C6H12/c1-16-14-17-8-9-6-7-12(20(9)19-14)13(21)18-11-5-3-2-4-10(11)15;1-2-4-6-5-3-1/h2-8H,1H3,(H,16,19)(H,18,21);1-6H2. The van der Waals surface area contributed by atoms with Crippen LogP contribution in [0.4, 0.5) is 11.6 Å². The lowest BCUT2D eigenvalue weighted by molar-refractivity contribution is 0.102. The molecular weight excluding hydrogens is 406 g/mol. The number of amides is 1. The molecule has 6 nitrogen and oxygen atoms in total. The molecule has 3 aromatic rings. The number of anilines is 2. The highest BCUT2D eigenvalue weighted by Gasteiger charge is 2.14. The number of halogens is 1. The second-order valence-electron chi connectivity index (χ2n) is 6.44. The normalized spacial score (nSPS) is 13.6. The number of hydrogen-bond acceptors (Lipinski definition) is 4. The van der Waals surface area contributed by atoms with E-state index in [9.17, 15) is 4.79 Å². The Morgan fingerprint density at radius 3 is 2.33 bits per heavy atom. The Morgan fingerprint density at radius 1 is 1.04 bits per heavy atom. The van der Waals surface area contributed by atoms with E-state index in [1.807, 2.05) is 24.3 Å². The van der Waals surface area contributed by atoms with E-state index in [-0.39, 0.29) is 5.91 Å². The maximum absolute atomic E-state index is 12.4. The molecule has 142 valence electrons. The van der Waals surface area contributed by atoms with E-state index in [0.717, 1.165) is 9.99 Å². The van der Waals surface area contributed by atoms with Gasteiger partial charge in [0.05, 0.1) is 17.4 Å². The number of aromatic nitrogens is 3. The first-order valence-corrected chi connectivity index (χ1v) is 10.1. The smallest absolute Gasteiger partial charge is 0.274 e. The van der Waals surface area contributed by atoms with Crippen molar-refractivity contribution in [1.82, 2.24) is 14.6 Å². The summed E-state index contributed by atoms with van der Waals surface area (Å²) < 4.78 is 2.38. The minimum atomic E-state index is -0.234. The van der Waals surface area contributed by atoms with Crippen LogP contribution in [0.15, 0.2) is 47.1 Å². The van der Waals surface area contributed by atoms with Crippen LogP contribution in [0.3, 0.4) is 0 Å². The maximum atomic E-state index is 12.4. The number of fused-ring (bicyclic) bond motifs is 1. The van der Waals surface area contributed by atoms with Crippen molar-refractivity contribution in [3.63, 3.8) is 0 Å². The summed E-state index contributed by atoms with van der Waals surface area (Å²) in [5, 5.41) is 9.97. The Bertz CT molecular complexity index is 893. The summed E-state index contributed by atoms with van der Waals surface area (Å²) in [6.45, 7) is 0. The number of carbonyl (C=O) groups is 1. The Hall–Kier alpha value is -2.41. The van der Waals surface area contributed by atoms with Crippen LogP contribution in [0.1, 0.15) is 49.0 Å². The van der Waals surface area contributed by atoms with E-state index in [1.54, 1.807) is 29.9 Å². The highest BCUT2D eigenvalue weighted by Crippen LogP contribution is 2.22. The fraction of sp³-hybridized carbons (Fsp3) is 0.350. The highest BCUT2D eigenvalue weighted by atomic mass is 79.9. The van der Waals surface area contributed by atoms with Gasteiger partial charge in [-0.15, -0.1) is 5.10 Å². The predicted molar refractivity (Wildman–Crippen MR) is 112 cm³/mol. The fourth-order valence-electron chi connectivity index (χ4n) is 3.00. The number of carbonyl (C=O) groups excluding carboxylic acids is 1. The summed E-state index contributed by atoms with van der Waals surface area (Å²) in [6, 6.07) is 11.0. The van der Waals surface area contributed by atoms with Crippen LogP contribution in [0.5, 0.6) is 0 Å². The number of benzene rings is 1. The number of rotatable bonds is 3. The van der Waals surface area contributed by atoms with E-state index >= 15 is 0 Å². The third kappa shape index (κ3) is 5.07. The lowest BCUT2D eigenvalue weighted by Crippen LogP contribution is -2.16. The molecule has 7 heteroatoms. The van der Waals surface area contributed by atoms with Crippen molar-refractivity contribution in [3.8, 4) is 0 Å². The summed E-state index contributed by atoms with van der Waals surface area (Å²) in [5.41, 5.74) is 1.91. The van der Waals surface area contributed by atoms with Gasteiger partial charge in [-0.25, -0.2) is 9.50 Å². The molecule has 1 aromatic carbocycles. The summed E-state index contributed by atoms with van der Waals surface area (Å²) in [4.78, 5) is 16.5. The third-order valence-electron chi connectivity index (χ3n) is 4.48. The van der Waals surface area contributed by atoms with Gasteiger partial charge in [-0.2, -0.15) is 0 Å². The van der Waals surface area contributed by atoms with E-state index in [1.165, 1.54) is 38.5 Å². The van der Waals surface area contributed by atoms with Crippen LogP contribution in [-0.4, -0.2) is 27.6 Å². The van der Waals surface area contributed by atoms with Gasteiger partial charge in [0.1, 0.15) is 5.69 Å². The Kier molecular flexibility index (Phi) is 6.81. The molecule has 0 unspecified atom stereocenters. The molecule has 2 N–H and O–H groups in total. The van der Waals surface area contributed by atoms with E-state index in [2.05, 4.69) is 36.6 Å². The molecule has 0 bridgehead atoms. The highest BCUT2D eigenvalue weighted by molar-refractivity contribution is 9.10. The zero-order valence-electron chi connectivity index (χ0n) is 15.4. The Labute approximate surface area is 167 Å². The first kappa shape index (κ1) is 19.4. The molecule has 1 aliphatic rings. The molecule has 0 aliphatic heterocycles. The lowest BCUT2D eigenvalue weighted by Gasteiger charge is -2.07. The third-order valence-corrected chi connectivity index (χ3v) is 5.17. The minimum Gasteiger partial charge on any atom is -0.356 e. The van der Waals surface area contributed by atoms with Gasteiger partial charge in [-0.1, -0.05) is 50.7 Å². The summed E-state index contributed by atoms with van der Waals surface area (Å²) >= 11 is 3.40.